The lowest BCUT2D eigenvalue weighted by atomic mass is 10.1. The van der Waals surface area contributed by atoms with Crippen molar-refractivity contribution in [1.82, 2.24) is 0 Å². The molecule has 1 aromatic carbocycles. The van der Waals surface area contributed by atoms with Gasteiger partial charge in [-0.15, -0.1) is 0 Å². The molecule has 0 fully saturated rings. The molecule has 4 nitrogen and oxygen atoms in total. The summed E-state index contributed by atoms with van der Waals surface area (Å²) < 4.78 is 0. The average molecular weight is 204 g/mol. The number of carboxylic acid groups (broad SMARTS) is 1. The van der Waals surface area contributed by atoms with Crippen LogP contribution in [0.2, 0.25) is 0 Å². The van der Waals surface area contributed by atoms with Gasteiger partial charge in [0.05, 0.1) is 5.56 Å². The minimum atomic E-state index is -1.00. The molecule has 2 N–H and O–H groups in total. The number of hydrogen-bond acceptors (Lipinski definition) is 3. The van der Waals surface area contributed by atoms with Crippen LogP contribution in [0, 0.1) is 11.8 Å². The zero-order valence-corrected chi connectivity index (χ0v) is 7.73. The molecule has 0 saturated heterocycles. The van der Waals surface area contributed by atoms with E-state index in [1.807, 2.05) is 0 Å². The first kappa shape index (κ1) is 10.8. The topological polar surface area (TPSA) is 74.6 Å². The first-order valence-electron chi connectivity index (χ1n) is 4.12. The second kappa shape index (κ2) is 4.82. The van der Waals surface area contributed by atoms with Gasteiger partial charge in [0.1, 0.15) is 12.2 Å². The van der Waals surface area contributed by atoms with Crippen molar-refractivity contribution in [2.75, 3.05) is 0 Å². The Bertz CT molecular complexity index is 451. The summed E-state index contributed by atoms with van der Waals surface area (Å²) in [5, 5.41) is 17.5. The van der Waals surface area contributed by atoms with Crippen LogP contribution in [-0.2, 0) is 4.79 Å². The smallest absolute Gasteiger partial charge is 0.315 e. The Morgan fingerprint density at radius 1 is 1.47 bits per heavy atom. The largest absolute Gasteiger partial charge is 0.507 e. The van der Waals surface area contributed by atoms with E-state index in [-0.39, 0.29) is 17.7 Å². The van der Waals surface area contributed by atoms with Gasteiger partial charge in [-0.3, -0.25) is 9.59 Å². The first-order chi connectivity index (χ1) is 7.13. The lowest BCUT2D eigenvalue weighted by Crippen LogP contribution is -1.90. The average Bonchev–Trinajstić information content (AvgIpc) is 2.20. The number of aldehydes is 1. The Morgan fingerprint density at radius 3 is 2.80 bits per heavy atom. The van der Waals surface area contributed by atoms with Crippen LogP contribution in [0.5, 0.6) is 5.75 Å². The molecule has 0 atom stereocenters. The number of carbonyl (C=O) groups excluding carboxylic acids is 1. The van der Waals surface area contributed by atoms with Crippen LogP contribution in [-0.4, -0.2) is 22.5 Å². The minimum Gasteiger partial charge on any atom is -0.507 e. The monoisotopic (exact) mass is 204 g/mol. The maximum Gasteiger partial charge on any atom is 0.315 e. The van der Waals surface area contributed by atoms with E-state index < -0.39 is 5.97 Å². The van der Waals surface area contributed by atoms with Crippen molar-refractivity contribution in [1.29, 1.82) is 0 Å². The van der Waals surface area contributed by atoms with Gasteiger partial charge in [0, 0.05) is 5.56 Å². The molecule has 0 spiro atoms. The molecule has 0 saturated carbocycles. The van der Waals surface area contributed by atoms with Crippen molar-refractivity contribution < 1.29 is 19.8 Å². The number of aromatic hydroxyl groups is 1. The molecule has 0 aromatic heterocycles. The molecule has 1 aromatic rings. The quantitative estimate of drug-likeness (QED) is 0.557. The highest BCUT2D eigenvalue weighted by Gasteiger charge is 1.99. The Kier molecular flexibility index (Phi) is 3.47. The molecule has 0 aliphatic heterocycles. The van der Waals surface area contributed by atoms with Crippen LogP contribution < -0.4 is 0 Å². The summed E-state index contributed by atoms with van der Waals surface area (Å²) in [4.78, 5) is 20.6. The molecule has 0 aliphatic carbocycles. The normalized spacial score (nSPS) is 8.80. The van der Waals surface area contributed by atoms with Crippen LogP contribution in [0.15, 0.2) is 18.2 Å². The highest BCUT2D eigenvalue weighted by Crippen LogP contribution is 2.15. The second-order valence-electron chi connectivity index (χ2n) is 2.76. The molecule has 4 heteroatoms. The number of phenols is 1. The van der Waals surface area contributed by atoms with Gasteiger partial charge in [0.15, 0.2) is 6.29 Å². The van der Waals surface area contributed by atoms with Gasteiger partial charge in [-0.2, -0.15) is 0 Å². The van der Waals surface area contributed by atoms with Gasteiger partial charge >= 0.3 is 5.97 Å². The lowest BCUT2D eigenvalue weighted by molar-refractivity contribution is -0.135. The molecule has 0 aliphatic rings. The molecule has 76 valence electrons. The van der Waals surface area contributed by atoms with E-state index in [1.165, 1.54) is 18.2 Å². The number of carboxylic acids is 1. The SMILES string of the molecule is O=Cc1cc(C#CCC(=O)O)ccc1O. The maximum atomic E-state index is 10.5. The number of aliphatic carboxylic acids is 1. The van der Waals surface area contributed by atoms with Crippen LogP contribution in [0.3, 0.4) is 0 Å². The fourth-order valence-electron chi connectivity index (χ4n) is 0.949. The van der Waals surface area contributed by atoms with Crippen molar-refractivity contribution in [2.24, 2.45) is 0 Å². The van der Waals surface area contributed by atoms with Gasteiger partial charge < -0.3 is 10.2 Å². The van der Waals surface area contributed by atoms with Crippen molar-refractivity contribution in [2.45, 2.75) is 6.42 Å². The van der Waals surface area contributed by atoms with E-state index in [1.54, 1.807) is 0 Å². The van der Waals surface area contributed by atoms with Crippen molar-refractivity contribution in [3.05, 3.63) is 29.3 Å². The van der Waals surface area contributed by atoms with E-state index in [0.717, 1.165) is 0 Å². The predicted molar refractivity (Wildman–Crippen MR) is 52.6 cm³/mol. The van der Waals surface area contributed by atoms with Crippen LogP contribution >= 0.6 is 0 Å². The third kappa shape index (κ3) is 3.16. The summed E-state index contributed by atoms with van der Waals surface area (Å²) >= 11 is 0. The number of hydrogen-bond donors (Lipinski definition) is 2. The molecule has 0 unspecified atom stereocenters. The van der Waals surface area contributed by atoms with E-state index >= 15 is 0 Å². The highest BCUT2D eigenvalue weighted by atomic mass is 16.4. The molecule has 0 radical (unpaired) electrons. The summed E-state index contributed by atoms with van der Waals surface area (Å²) in [7, 11) is 0. The predicted octanol–water partition coefficient (Wildman–Crippen LogP) is 1.03. The van der Waals surface area contributed by atoms with Crippen LogP contribution in [0.4, 0.5) is 0 Å². The van der Waals surface area contributed by atoms with Gasteiger partial charge in [-0.05, 0) is 18.2 Å². The molecule has 0 amide bonds. The zero-order valence-electron chi connectivity index (χ0n) is 7.73. The number of phenolic OH excluding ortho intramolecular Hbond substituents is 1. The van der Waals surface area contributed by atoms with Crippen molar-refractivity contribution >= 4 is 12.3 Å². The number of rotatable bonds is 2. The van der Waals surface area contributed by atoms with Gasteiger partial charge in [-0.1, -0.05) is 11.8 Å². The Labute approximate surface area is 86.2 Å². The molecule has 1 rings (SSSR count). The Hall–Kier alpha value is -2.28. The zero-order chi connectivity index (χ0) is 11.3. The highest BCUT2D eigenvalue weighted by molar-refractivity contribution is 5.80. The Morgan fingerprint density at radius 2 is 2.20 bits per heavy atom. The summed E-state index contributed by atoms with van der Waals surface area (Å²) in [6.45, 7) is 0. The van der Waals surface area contributed by atoms with Gasteiger partial charge in [0.2, 0.25) is 0 Å². The maximum absolute atomic E-state index is 10.5. The standard InChI is InChI=1S/C11H8O4/c12-7-9-6-8(4-5-10(9)13)2-1-3-11(14)15/h4-7,13H,3H2,(H,14,15). The third-order valence-corrected chi connectivity index (χ3v) is 1.63. The summed E-state index contributed by atoms with van der Waals surface area (Å²) in [6, 6.07) is 4.25. The second-order valence-corrected chi connectivity index (χ2v) is 2.76. The number of benzene rings is 1. The molecular weight excluding hydrogens is 196 g/mol. The van der Waals surface area contributed by atoms with Crippen molar-refractivity contribution in [3.63, 3.8) is 0 Å². The lowest BCUT2D eigenvalue weighted by Gasteiger charge is -1.96. The van der Waals surface area contributed by atoms with Gasteiger partial charge in [-0.25, -0.2) is 0 Å². The summed E-state index contributed by atoms with van der Waals surface area (Å²) in [6.07, 6.45) is 0.259. The summed E-state index contributed by atoms with van der Waals surface area (Å²) in [5.41, 5.74) is 0.633. The third-order valence-electron chi connectivity index (χ3n) is 1.63. The molecule has 0 bridgehead atoms. The van der Waals surface area contributed by atoms with E-state index in [4.69, 9.17) is 5.11 Å². The Balaban J connectivity index is 2.90. The van der Waals surface area contributed by atoms with E-state index in [2.05, 4.69) is 11.8 Å². The van der Waals surface area contributed by atoms with Gasteiger partial charge in [0.25, 0.3) is 0 Å². The van der Waals surface area contributed by atoms with Crippen LogP contribution in [0.1, 0.15) is 22.3 Å². The molecule has 0 heterocycles. The number of carbonyl (C=O) groups is 2. The molecule has 15 heavy (non-hydrogen) atoms. The van der Waals surface area contributed by atoms with E-state index in [0.29, 0.717) is 11.8 Å². The molecular formula is C11H8O4. The fraction of sp³-hybridized carbons (Fsp3) is 0.0909. The van der Waals surface area contributed by atoms with Crippen molar-refractivity contribution in [3.8, 4) is 17.6 Å². The van der Waals surface area contributed by atoms with Crippen LogP contribution in [0.25, 0.3) is 0 Å². The fourth-order valence-corrected chi connectivity index (χ4v) is 0.949. The minimum absolute atomic E-state index is 0.117. The van der Waals surface area contributed by atoms with E-state index in [9.17, 15) is 14.7 Å². The first-order valence-corrected chi connectivity index (χ1v) is 4.12. The summed E-state index contributed by atoms with van der Waals surface area (Å²) in [5.74, 6) is 3.88.